The van der Waals surface area contributed by atoms with Gasteiger partial charge < -0.3 is 6.32 Å². The summed E-state index contributed by atoms with van der Waals surface area (Å²) in [4.78, 5) is 8.38. The van der Waals surface area contributed by atoms with E-state index in [1.807, 2.05) is 0 Å². The zero-order valence-corrected chi connectivity index (χ0v) is 7.90. The molecule has 4 heteroatoms. The zero-order chi connectivity index (χ0) is 5.21. The second-order valence-corrected chi connectivity index (χ2v) is 4.10. The molecule has 1 atom stereocenters. The quantitative estimate of drug-likeness (QED) is 0.331. The Labute approximate surface area is 67.5 Å². The van der Waals surface area contributed by atoms with Crippen LogP contribution in [0.15, 0.2) is 0 Å². The van der Waals surface area contributed by atoms with Gasteiger partial charge in [0, 0.05) is 12.8 Å². The summed E-state index contributed by atoms with van der Waals surface area (Å²) < 4.78 is 10.1. The van der Waals surface area contributed by atoms with Crippen LogP contribution in [0.25, 0.3) is 0 Å². The van der Waals surface area contributed by atoms with E-state index in [1.54, 1.807) is 6.92 Å². The van der Waals surface area contributed by atoms with Crippen molar-refractivity contribution in [3.63, 3.8) is 0 Å². The van der Waals surface area contributed by atoms with Gasteiger partial charge in [-0.05, 0) is 0 Å². The van der Waals surface area contributed by atoms with Crippen molar-refractivity contribution in [2.75, 3.05) is 12.8 Å². The van der Waals surface area contributed by atoms with Crippen LogP contribution in [-0.2, 0) is 4.57 Å². The van der Waals surface area contributed by atoms with Crippen LogP contribution in [0.5, 0.6) is 0 Å². The molecule has 1 N–H and O–H groups in total. The Kier molecular flexibility index (Phi) is 6.48. The molecule has 0 saturated heterocycles. The van der Waals surface area contributed by atoms with E-state index in [2.05, 4.69) is 0 Å². The Balaban J connectivity index is -0.000000125. The van der Waals surface area contributed by atoms with E-state index in [1.165, 1.54) is 6.66 Å². The monoisotopic (exact) mass is 132 g/mol. The fraction of sp³-hybridized carbons (Fsp3) is 1.00. The summed E-state index contributed by atoms with van der Waals surface area (Å²) in [5.74, 6) is 0. The minimum atomic E-state index is -2.65. The summed E-state index contributed by atoms with van der Waals surface area (Å²) in [6.45, 7) is 3.05. The van der Waals surface area contributed by atoms with Gasteiger partial charge in [0.1, 0.15) is 0 Å². The third-order valence-corrected chi connectivity index (χ3v) is 1.76. The van der Waals surface area contributed by atoms with Crippen molar-refractivity contribution in [2.24, 2.45) is 0 Å². The molecule has 0 fully saturated rings. The second-order valence-electron chi connectivity index (χ2n) is 1.37. The average Bonchev–Trinajstić information content (AvgIpc) is 1.35. The van der Waals surface area contributed by atoms with Crippen LogP contribution in [0.4, 0.5) is 0 Å². The molecule has 0 aliphatic rings. The summed E-state index contributed by atoms with van der Waals surface area (Å²) >= 11 is 0. The van der Waals surface area contributed by atoms with Crippen LogP contribution in [0.3, 0.4) is 0 Å². The van der Waals surface area contributed by atoms with E-state index in [-0.39, 0.29) is 31.0 Å². The van der Waals surface area contributed by atoms with Crippen LogP contribution in [0.1, 0.15) is 8.35 Å². The zero-order valence-electron chi connectivity index (χ0n) is 6.01. The van der Waals surface area contributed by atoms with E-state index >= 15 is 0 Å². The molecule has 0 spiro atoms. The molecular formula is C3H10NaO2P. The maximum atomic E-state index is 10.1. The SMILES string of the molecule is CCP(C)(=O)O.[H-].[Na+]. The molecule has 0 aromatic rings. The molecule has 0 bridgehead atoms. The van der Waals surface area contributed by atoms with Gasteiger partial charge in [-0.2, -0.15) is 0 Å². The third-order valence-electron chi connectivity index (χ3n) is 0.587. The maximum Gasteiger partial charge on any atom is 1.00 e. The van der Waals surface area contributed by atoms with Crippen molar-refractivity contribution in [1.82, 2.24) is 0 Å². The Morgan fingerprint density at radius 2 is 2.00 bits per heavy atom. The molecule has 40 valence electrons. The number of rotatable bonds is 1. The normalized spacial score (nSPS) is 17.0. The molecular weight excluding hydrogens is 122 g/mol. The predicted octanol–water partition coefficient (Wildman–Crippen LogP) is -1.98. The van der Waals surface area contributed by atoms with Gasteiger partial charge in [0.2, 0.25) is 0 Å². The van der Waals surface area contributed by atoms with E-state index in [0.29, 0.717) is 6.16 Å². The minimum absolute atomic E-state index is 0. The number of hydrogen-bond donors (Lipinski definition) is 1. The molecule has 0 heterocycles. The fourth-order valence-corrected chi connectivity index (χ4v) is 0. The average molecular weight is 132 g/mol. The van der Waals surface area contributed by atoms with E-state index in [9.17, 15) is 4.57 Å². The van der Waals surface area contributed by atoms with E-state index in [0.717, 1.165) is 0 Å². The summed E-state index contributed by atoms with van der Waals surface area (Å²) in [5, 5.41) is 0. The van der Waals surface area contributed by atoms with E-state index in [4.69, 9.17) is 4.89 Å². The molecule has 2 nitrogen and oxygen atoms in total. The first kappa shape index (κ1) is 11.0. The minimum Gasteiger partial charge on any atom is -1.00 e. The van der Waals surface area contributed by atoms with Crippen LogP contribution in [-0.4, -0.2) is 17.7 Å². The van der Waals surface area contributed by atoms with Crippen molar-refractivity contribution in [1.29, 1.82) is 0 Å². The maximum absolute atomic E-state index is 10.1. The molecule has 0 radical (unpaired) electrons. The van der Waals surface area contributed by atoms with Crippen molar-refractivity contribution in [2.45, 2.75) is 6.92 Å². The Hall–Kier alpha value is 1.19. The molecule has 0 amide bonds. The summed E-state index contributed by atoms with van der Waals surface area (Å²) in [6, 6.07) is 0. The first-order valence-corrected chi connectivity index (χ1v) is 4.15. The van der Waals surface area contributed by atoms with Crippen molar-refractivity contribution in [3.05, 3.63) is 0 Å². The molecule has 0 saturated carbocycles. The molecule has 0 aromatic carbocycles. The summed E-state index contributed by atoms with van der Waals surface area (Å²) in [7, 11) is -2.65. The standard InChI is InChI=1S/C3H9O2P.Na.H/c1-3-6(2,4)5;;/h3H2,1-2H3,(H,4,5);;/q;+1;-1. The molecule has 0 aliphatic heterocycles. The smallest absolute Gasteiger partial charge is 1.00 e. The first-order chi connectivity index (χ1) is 2.56. The van der Waals surface area contributed by atoms with Crippen LogP contribution in [0, 0.1) is 0 Å². The second kappa shape index (κ2) is 4.11. The Bertz CT molecular complexity index is 81.4. The Morgan fingerprint density at radius 1 is 1.86 bits per heavy atom. The summed E-state index contributed by atoms with van der Waals surface area (Å²) in [5.41, 5.74) is 0. The van der Waals surface area contributed by atoms with Gasteiger partial charge in [-0.1, -0.05) is 6.92 Å². The van der Waals surface area contributed by atoms with Gasteiger partial charge in [0.05, 0.1) is 0 Å². The van der Waals surface area contributed by atoms with Gasteiger partial charge in [0.15, 0.2) is 7.37 Å². The van der Waals surface area contributed by atoms with Crippen molar-refractivity contribution >= 4 is 7.37 Å². The van der Waals surface area contributed by atoms with Gasteiger partial charge in [0.25, 0.3) is 0 Å². The molecule has 1 unspecified atom stereocenters. The van der Waals surface area contributed by atoms with Gasteiger partial charge >= 0.3 is 29.6 Å². The largest absolute Gasteiger partial charge is 1.00 e. The van der Waals surface area contributed by atoms with Gasteiger partial charge in [-0.15, -0.1) is 0 Å². The number of hydrogen-bond acceptors (Lipinski definition) is 1. The molecule has 0 rings (SSSR count). The van der Waals surface area contributed by atoms with Gasteiger partial charge in [-0.3, -0.25) is 4.57 Å². The van der Waals surface area contributed by atoms with Crippen LogP contribution < -0.4 is 29.6 Å². The first-order valence-electron chi connectivity index (χ1n) is 1.85. The van der Waals surface area contributed by atoms with Crippen molar-refractivity contribution in [3.8, 4) is 0 Å². The van der Waals surface area contributed by atoms with E-state index < -0.39 is 7.37 Å². The fourth-order valence-electron chi connectivity index (χ4n) is 0. The Morgan fingerprint density at radius 3 is 2.00 bits per heavy atom. The van der Waals surface area contributed by atoms with Gasteiger partial charge in [-0.25, -0.2) is 0 Å². The molecule has 0 aromatic heterocycles. The summed E-state index contributed by atoms with van der Waals surface area (Å²) in [6.07, 6.45) is 0.382. The van der Waals surface area contributed by atoms with Crippen LogP contribution >= 0.6 is 7.37 Å². The topological polar surface area (TPSA) is 37.3 Å². The van der Waals surface area contributed by atoms with Crippen LogP contribution in [0.2, 0.25) is 0 Å². The predicted molar refractivity (Wildman–Crippen MR) is 27.4 cm³/mol. The molecule has 0 aliphatic carbocycles. The molecule has 7 heavy (non-hydrogen) atoms. The van der Waals surface area contributed by atoms with Crippen molar-refractivity contribution < 1.29 is 40.4 Å². The third kappa shape index (κ3) is 11.0.